The van der Waals surface area contributed by atoms with Gasteiger partial charge in [0.15, 0.2) is 0 Å². The number of hydrogen-bond acceptors (Lipinski definition) is 3. The average Bonchev–Trinajstić information content (AvgIpc) is 2.29. The third kappa shape index (κ3) is 1.33. The Bertz CT molecular complexity index is 193. The maximum atomic E-state index is 11.4. The van der Waals surface area contributed by atoms with Crippen LogP contribution in [0.25, 0.3) is 0 Å². The molecule has 2 heterocycles. The van der Waals surface area contributed by atoms with E-state index in [1.807, 2.05) is 4.90 Å². The van der Waals surface area contributed by atoms with Crippen LogP contribution in [0.1, 0.15) is 6.42 Å². The fraction of sp³-hybridized carbons (Fsp3) is 0.875. The quantitative estimate of drug-likeness (QED) is 0.624. The van der Waals surface area contributed by atoms with Crippen LogP contribution in [0.5, 0.6) is 0 Å². The molecule has 68 valence electrons. The van der Waals surface area contributed by atoms with E-state index < -0.39 is 0 Å². The van der Waals surface area contributed by atoms with Gasteiger partial charge in [-0.15, -0.1) is 0 Å². The van der Waals surface area contributed by atoms with E-state index in [4.69, 9.17) is 4.74 Å². The van der Waals surface area contributed by atoms with Gasteiger partial charge in [-0.3, -0.25) is 4.79 Å². The third-order valence-electron chi connectivity index (χ3n) is 2.56. The van der Waals surface area contributed by atoms with Crippen LogP contribution in [0.2, 0.25) is 0 Å². The first kappa shape index (κ1) is 8.38. The van der Waals surface area contributed by atoms with Gasteiger partial charge in [0.1, 0.15) is 0 Å². The lowest BCUT2D eigenvalue weighted by atomic mass is 10.1. The van der Waals surface area contributed by atoms with Crippen LogP contribution < -0.4 is 0 Å². The molecule has 2 saturated heterocycles. The van der Waals surface area contributed by atoms with Gasteiger partial charge >= 0.3 is 0 Å². The van der Waals surface area contributed by atoms with E-state index in [1.165, 1.54) is 0 Å². The summed E-state index contributed by atoms with van der Waals surface area (Å²) < 4.78 is 5.05. The van der Waals surface area contributed by atoms with Crippen LogP contribution in [0.3, 0.4) is 0 Å². The van der Waals surface area contributed by atoms with Crippen molar-refractivity contribution < 1.29 is 9.53 Å². The minimum atomic E-state index is 0.280. The summed E-state index contributed by atoms with van der Waals surface area (Å²) in [6.45, 7) is 2.34. The number of carbonyl (C=O) groups excluding carboxylic acids is 1. The monoisotopic (exact) mass is 187 g/mol. The lowest BCUT2D eigenvalue weighted by Crippen LogP contribution is -2.49. The smallest absolute Gasteiger partial charge is 0.223 e. The van der Waals surface area contributed by atoms with Crippen molar-refractivity contribution in [3.05, 3.63) is 0 Å². The molecule has 0 aliphatic carbocycles. The molecule has 0 radical (unpaired) electrons. The maximum absolute atomic E-state index is 11.4. The number of hydrogen-bond donors (Lipinski definition) is 1. The molecule has 0 aromatic rings. The Hall–Kier alpha value is -0.220. The standard InChI is InChI=1S/C8H13NO2S/c10-8-1-6(5-12)2-9(8)7-3-11-4-7/h6-7,12H,1-5H2. The summed E-state index contributed by atoms with van der Waals surface area (Å²) in [4.78, 5) is 13.4. The SMILES string of the molecule is O=C1CC(CS)CN1C1COC1. The summed E-state index contributed by atoms with van der Waals surface area (Å²) in [7, 11) is 0. The molecule has 0 aromatic heterocycles. The summed E-state index contributed by atoms with van der Waals surface area (Å²) in [5.74, 6) is 1.55. The van der Waals surface area contributed by atoms with Gasteiger partial charge in [-0.1, -0.05) is 0 Å². The Morgan fingerprint density at radius 1 is 1.58 bits per heavy atom. The van der Waals surface area contributed by atoms with Crippen molar-refractivity contribution in [1.29, 1.82) is 0 Å². The number of carbonyl (C=O) groups is 1. The zero-order valence-electron chi connectivity index (χ0n) is 6.90. The van der Waals surface area contributed by atoms with Gasteiger partial charge in [0, 0.05) is 13.0 Å². The normalized spacial score (nSPS) is 30.9. The summed E-state index contributed by atoms with van der Waals surface area (Å²) in [6, 6.07) is 0.363. The van der Waals surface area contributed by atoms with Gasteiger partial charge in [0.25, 0.3) is 0 Å². The van der Waals surface area contributed by atoms with E-state index >= 15 is 0 Å². The molecule has 1 unspecified atom stereocenters. The highest BCUT2D eigenvalue weighted by Crippen LogP contribution is 2.23. The molecule has 2 aliphatic rings. The molecular weight excluding hydrogens is 174 g/mol. The van der Waals surface area contributed by atoms with E-state index in [0.717, 1.165) is 25.5 Å². The van der Waals surface area contributed by atoms with Gasteiger partial charge in [-0.25, -0.2) is 0 Å². The van der Waals surface area contributed by atoms with E-state index in [9.17, 15) is 4.79 Å². The van der Waals surface area contributed by atoms with Gasteiger partial charge in [0.2, 0.25) is 5.91 Å². The lowest BCUT2D eigenvalue weighted by molar-refractivity contribution is -0.139. The molecule has 0 N–H and O–H groups in total. The number of rotatable bonds is 2. The Kier molecular flexibility index (Phi) is 2.28. The van der Waals surface area contributed by atoms with Crippen molar-refractivity contribution in [3.8, 4) is 0 Å². The predicted molar refractivity (Wildman–Crippen MR) is 48.3 cm³/mol. The second-order valence-corrected chi connectivity index (χ2v) is 3.86. The lowest BCUT2D eigenvalue weighted by Gasteiger charge is -2.34. The van der Waals surface area contributed by atoms with Crippen molar-refractivity contribution >= 4 is 18.5 Å². The van der Waals surface area contributed by atoms with Crippen LogP contribution in [0.15, 0.2) is 0 Å². The van der Waals surface area contributed by atoms with Crippen molar-refractivity contribution in [2.45, 2.75) is 12.5 Å². The topological polar surface area (TPSA) is 29.5 Å². The summed E-state index contributed by atoms with van der Waals surface area (Å²) in [5.41, 5.74) is 0. The second kappa shape index (κ2) is 3.26. The Balaban J connectivity index is 1.93. The van der Waals surface area contributed by atoms with Crippen LogP contribution in [-0.4, -0.2) is 42.4 Å². The predicted octanol–water partition coefficient (Wildman–Crippen LogP) is 0.163. The highest BCUT2D eigenvalue weighted by atomic mass is 32.1. The van der Waals surface area contributed by atoms with Crippen molar-refractivity contribution in [1.82, 2.24) is 4.90 Å². The number of nitrogens with zero attached hydrogens (tertiary/aromatic N) is 1. The van der Waals surface area contributed by atoms with Crippen LogP contribution in [-0.2, 0) is 9.53 Å². The van der Waals surface area contributed by atoms with E-state index in [2.05, 4.69) is 12.6 Å². The molecule has 0 bridgehead atoms. The fourth-order valence-electron chi connectivity index (χ4n) is 1.69. The second-order valence-electron chi connectivity index (χ2n) is 3.49. The Labute approximate surface area is 77.5 Å². The average molecular weight is 187 g/mol. The summed E-state index contributed by atoms with van der Waals surface area (Å²) >= 11 is 4.20. The molecule has 0 saturated carbocycles. The number of thiol groups is 1. The van der Waals surface area contributed by atoms with Crippen LogP contribution >= 0.6 is 12.6 Å². The third-order valence-corrected chi connectivity index (χ3v) is 3.07. The highest BCUT2D eigenvalue weighted by molar-refractivity contribution is 7.80. The van der Waals surface area contributed by atoms with Gasteiger partial charge in [-0.2, -0.15) is 12.6 Å². The molecule has 12 heavy (non-hydrogen) atoms. The molecule has 0 aromatic carbocycles. The number of ether oxygens (including phenoxy) is 1. The molecule has 2 aliphatic heterocycles. The largest absolute Gasteiger partial charge is 0.377 e. The first-order valence-corrected chi connectivity index (χ1v) is 4.92. The first-order valence-electron chi connectivity index (χ1n) is 4.29. The minimum absolute atomic E-state index is 0.280. The van der Waals surface area contributed by atoms with E-state index in [0.29, 0.717) is 18.4 Å². The molecule has 0 spiro atoms. The number of likely N-dealkylation sites (tertiary alicyclic amines) is 1. The Morgan fingerprint density at radius 2 is 2.33 bits per heavy atom. The molecule has 2 rings (SSSR count). The minimum Gasteiger partial charge on any atom is -0.377 e. The van der Waals surface area contributed by atoms with Crippen molar-refractivity contribution in [2.24, 2.45) is 5.92 Å². The molecule has 4 heteroatoms. The maximum Gasteiger partial charge on any atom is 0.223 e. The summed E-state index contributed by atoms with van der Waals surface area (Å²) in [6.07, 6.45) is 0.681. The summed E-state index contributed by atoms with van der Waals surface area (Å²) in [5, 5.41) is 0. The zero-order valence-corrected chi connectivity index (χ0v) is 7.80. The first-order chi connectivity index (χ1) is 5.81. The number of amides is 1. The van der Waals surface area contributed by atoms with Gasteiger partial charge in [0.05, 0.1) is 19.3 Å². The zero-order chi connectivity index (χ0) is 8.55. The fourth-order valence-corrected chi connectivity index (χ4v) is 1.93. The van der Waals surface area contributed by atoms with Crippen LogP contribution in [0.4, 0.5) is 0 Å². The highest BCUT2D eigenvalue weighted by Gasteiger charge is 2.36. The molecule has 3 nitrogen and oxygen atoms in total. The van der Waals surface area contributed by atoms with Crippen molar-refractivity contribution in [3.63, 3.8) is 0 Å². The van der Waals surface area contributed by atoms with Crippen molar-refractivity contribution in [2.75, 3.05) is 25.5 Å². The molecule has 2 fully saturated rings. The Morgan fingerprint density at radius 3 is 2.75 bits per heavy atom. The van der Waals surface area contributed by atoms with Crippen LogP contribution in [0, 0.1) is 5.92 Å². The van der Waals surface area contributed by atoms with E-state index in [1.54, 1.807) is 0 Å². The molecule has 1 amide bonds. The van der Waals surface area contributed by atoms with Gasteiger partial charge < -0.3 is 9.64 Å². The molecule has 1 atom stereocenters. The van der Waals surface area contributed by atoms with E-state index in [-0.39, 0.29) is 5.91 Å². The molecular formula is C8H13NO2S. The van der Waals surface area contributed by atoms with Gasteiger partial charge in [-0.05, 0) is 11.7 Å².